The van der Waals surface area contributed by atoms with Crippen molar-refractivity contribution >= 4 is 5.91 Å². The highest BCUT2D eigenvalue weighted by atomic mass is 16.7. The normalized spacial score (nSPS) is 21.4. The van der Waals surface area contributed by atoms with Crippen molar-refractivity contribution in [1.29, 1.82) is 0 Å². The van der Waals surface area contributed by atoms with Crippen molar-refractivity contribution in [3.8, 4) is 0 Å². The van der Waals surface area contributed by atoms with E-state index < -0.39 is 0 Å². The van der Waals surface area contributed by atoms with Gasteiger partial charge >= 0.3 is 0 Å². The van der Waals surface area contributed by atoms with Gasteiger partial charge in [-0.2, -0.15) is 0 Å². The van der Waals surface area contributed by atoms with Crippen molar-refractivity contribution < 1.29 is 14.3 Å². The molecule has 114 valence electrons. The molecule has 0 aliphatic carbocycles. The van der Waals surface area contributed by atoms with Crippen LogP contribution in [-0.2, 0) is 9.47 Å². The molecular formula is C16H22N2O3. The van der Waals surface area contributed by atoms with E-state index in [1.54, 1.807) is 0 Å². The first-order valence-corrected chi connectivity index (χ1v) is 7.63. The molecule has 0 atom stereocenters. The Kier molecular flexibility index (Phi) is 4.85. The number of piperazine rings is 1. The molecule has 0 saturated carbocycles. The van der Waals surface area contributed by atoms with E-state index in [-0.39, 0.29) is 12.2 Å². The van der Waals surface area contributed by atoms with Gasteiger partial charge in [0.1, 0.15) is 0 Å². The quantitative estimate of drug-likeness (QED) is 0.839. The van der Waals surface area contributed by atoms with Gasteiger partial charge in [-0.25, -0.2) is 0 Å². The number of nitrogens with zero attached hydrogens (tertiary/aromatic N) is 2. The summed E-state index contributed by atoms with van der Waals surface area (Å²) in [6.07, 6.45) is 0.880. The number of hydrogen-bond donors (Lipinski definition) is 0. The van der Waals surface area contributed by atoms with Crippen molar-refractivity contribution in [3.63, 3.8) is 0 Å². The molecule has 3 rings (SSSR count). The van der Waals surface area contributed by atoms with Crippen LogP contribution in [0, 0.1) is 0 Å². The van der Waals surface area contributed by atoms with E-state index in [1.807, 2.05) is 35.2 Å². The number of carbonyl (C=O) groups is 1. The monoisotopic (exact) mass is 290 g/mol. The zero-order valence-electron chi connectivity index (χ0n) is 12.2. The zero-order chi connectivity index (χ0) is 14.5. The first kappa shape index (κ1) is 14.5. The van der Waals surface area contributed by atoms with Crippen LogP contribution in [0.3, 0.4) is 0 Å². The molecule has 5 heteroatoms. The van der Waals surface area contributed by atoms with Crippen LogP contribution >= 0.6 is 0 Å². The second-order valence-electron chi connectivity index (χ2n) is 5.48. The van der Waals surface area contributed by atoms with Crippen molar-refractivity contribution in [2.24, 2.45) is 0 Å². The van der Waals surface area contributed by atoms with E-state index in [4.69, 9.17) is 9.47 Å². The van der Waals surface area contributed by atoms with Gasteiger partial charge in [0.15, 0.2) is 6.29 Å². The van der Waals surface area contributed by atoms with E-state index in [0.717, 1.165) is 57.9 Å². The number of carbonyl (C=O) groups excluding carboxylic acids is 1. The summed E-state index contributed by atoms with van der Waals surface area (Å²) < 4.78 is 11.2. The Balaban J connectivity index is 1.47. The van der Waals surface area contributed by atoms with Crippen LogP contribution in [0.1, 0.15) is 16.8 Å². The summed E-state index contributed by atoms with van der Waals surface area (Å²) >= 11 is 0. The first-order valence-electron chi connectivity index (χ1n) is 7.63. The number of hydrogen-bond acceptors (Lipinski definition) is 4. The minimum atomic E-state index is -0.102. The Morgan fingerprint density at radius 3 is 2.38 bits per heavy atom. The van der Waals surface area contributed by atoms with Crippen molar-refractivity contribution in [3.05, 3.63) is 35.9 Å². The van der Waals surface area contributed by atoms with Crippen molar-refractivity contribution in [2.75, 3.05) is 45.9 Å². The summed E-state index contributed by atoms with van der Waals surface area (Å²) in [5.74, 6) is 0.125. The fraction of sp³-hybridized carbons (Fsp3) is 0.562. The number of benzene rings is 1. The van der Waals surface area contributed by atoms with Crippen LogP contribution in [-0.4, -0.2) is 67.9 Å². The molecule has 0 spiro atoms. The average Bonchev–Trinajstić information content (AvgIpc) is 2.57. The molecule has 0 N–H and O–H groups in total. The SMILES string of the molecule is O=C(c1ccccc1)N1CCN(CC2OCCCO2)CC1. The van der Waals surface area contributed by atoms with Gasteiger partial charge < -0.3 is 14.4 Å². The molecule has 0 aromatic heterocycles. The largest absolute Gasteiger partial charge is 0.351 e. The van der Waals surface area contributed by atoms with Crippen LogP contribution in [0.5, 0.6) is 0 Å². The zero-order valence-corrected chi connectivity index (χ0v) is 12.2. The molecule has 0 unspecified atom stereocenters. The van der Waals surface area contributed by atoms with E-state index in [0.29, 0.717) is 0 Å². The lowest BCUT2D eigenvalue weighted by Crippen LogP contribution is -2.51. The van der Waals surface area contributed by atoms with Crippen molar-refractivity contribution in [2.45, 2.75) is 12.7 Å². The second-order valence-corrected chi connectivity index (χ2v) is 5.48. The molecule has 1 amide bonds. The molecule has 2 fully saturated rings. The Labute approximate surface area is 125 Å². The standard InChI is InChI=1S/C16H22N2O3/c19-16(14-5-2-1-3-6-14)18-9-7-17(8-10-18)13-15-20-11-4-12-21-15/h1-3,5-6,15H,4,7-13H2. The smallest absolute Gasteiger partial charge is 0.253 e. The topological polar surface area (TPSA) is 42.0 Å². The van der Waals surface area contributed by atoms with Gasteiger partial charge in [0, 0.05) is 38.3 Å². The maximum absolute atomic E-state index is 12.4. The number of amides is 1. The van der Waals surface area contributed by atoms with E-state index in [1.165, 1.54) is 0 Å². The summed E-state index contributed by atoms with van der Waals surface area (Å²) in [5, 5.41) is 0. The van der Waals surface area contributed by atoms with Crippen molar-refractivity contribution in [1.82, 2.24) is 9.80 Å². The molecule has 0 radical (unpaired) electrons. The van der Waals surface area contributed by atoms with Gasteiger partial charge in [-0.05, 0) is 18.6 Å². The Hall–Kier alpha value is -1.43. The highest BCUT2D eigenvalue weighted by Crippen LogP contribution is 2.11. The summed E-state index contributed by atoms with van der Waals surface area (Å²) in [7, 11) is 0. The minimum Gasteiger partial charge on any atom is -0.351 e. The molecular weight excluding hydrogens is 268 g/mol. The lowest BCUT2D eigenvalue weighted by Gasteiger charge is -2.37. The van der Waals surface area contributed by atoms with Crippen LogP contribution in [0.15, 0.2) is 30.3 Å². The molecule has 2 saturated heterocycles. The Morgan fingerprint density at radius 2 is 1.71 bits per heavy atom. The molecule has 0 bridgehead atoms. The Bertz CT molecular complexity index is 452. The van der Waals surface area contributed by atoms with Gasteiger partial charge in [-0.3, -0.25) is 9.69 Å². The lowest BCUT2D eigenvalue weighted by molar-refractivity contribution is -0.187. The second kappa shape index (κ2) is 7.02. The van der Waals surface area contributed by atoms with Crippen LogP contribution in [0.2, 0.25) is 0 Å². The molecule has 1 aromatic carbocycles. The molecule has 21 heavy (non-hydrogen) atoms. The third kappa shape index (κ3) is 3.81. The molecule has 2 aliphatic rings. The van der Waals surface area contributed by atoms with Gasteiger partial charge in [-0.1, -0.05) is 18.2 Å². The van der Waals surface area contributed by atoms with Gasteiger partial charge in [-0.15, -0.1) is 0 Å². The van der Waals surface area contributed by atoms with Gasteiger partial charge in [0.05, 0.1) is 13.2 Å². The summed E-state index contributed by atoms with van der Waals surface area (Å²) in [5.41, 5.74) is 0.768. The van der Waals surface area contributed by atoms with Gasteiger partial charge in [0.2, 0.25) is 0 Å². The third-order valence-electron chi connectivity index (χ3n) is 3.98. The van der Waals surface area contributed by atoms with E-state index in [9.17, 15) is 4.79 Å². The Morgan fingerprint density at radius 1 is 1.05 bits per heavy atom. The average molecular weight is 290 g/mol. The van der Waals surface area contributed by atoms with E-state index in [2.05, 4.69) is 4.90 Å². The summed E-state index contributed by atoms with van der Waals surface area (Å²) in [4.78, 5) is 16.6. The molecule has 5 nitrogen and oxygen atoms in total. The number of ether oxygens (including phenoxy) is 2. The fourth-order valence-electron chi connectivity index (χ4n) is 2.75. The third-order valence-corrected chi connectivity index (χ3v) is 3.98. The molecule has 1 aromatic rings. The van der Waals surface area contributed by atoms with Crippen LogP contribution in [0.4, 0.5) is 0 Å². The predicted molar refractivity (Wildman–Crippen MR) is 79.1 cm³/mol. The fourth-order valence-corrected chi connectivity index (χ4v) is 2.75. The van der Waals surface area contributed by atoms with Gasteiger partial charge in [0.25, 0.3) is 5.91 Å². The van der Waals surface area contributed by atoms with E-state index >= 15 is 0 Å². The highest BCUT2D eigenvalue weighted by Gasteiger charge is 2.25. The number of rotatable bonds is 3. The predicted octanol–water partition coefficient (Wildman–Crippen LogP) is 1.21. The molecule has 2 aliphatic heterocycles. The summed E-state index contributed by atoms with van der Waals surface area (Å²) in [6, 6.07) is 9.48. The maximum atomic E-state index is 12.4. The highest BCUT2D eigenvalue weighted by molar-refractivity contribution is 5.94. The maximum Gasteiger partial charge on any atom is 0.253 e. The van der Waals surface area contributed by atoms with Crippen LogP contribution < -0.4 is 0 Å². The molecule has 2 heterocycles. The minimum absolute atomic E-state index is 0.102. The first-order chi connectivity index (χ1) is 10.3. The lowest BCUT2D eigenvalue weighted by atomic mass is 10.2. The summed E-state index contributed by atoms with van der Waals surface area (Å²) in [6.45, 7) is 5.66. The van der Waals surface area contributed by atoms with Crippen LogP contribution in [0.25, 0.3) is 0 Å².